The average Bonchev–Trinajstić information content (AvgIpc) is 2.66. The first-order valence-electron chi connectivity index (χ1n) is 8.98. The van der Waals surface area contributed by atoms with Crippen LogP contribution in [0, 0.1) is 13.8 Å². The van der Waals surface area contributed by atoms with Gasteiger partial charge in [-0.05, 0) is 61.4 Å². The van der Waals surface area contributed by atoms with Crippen LogP contribution in [0.15, 0.2) is 36.4 Å². The quantitative estimate of drug-likeness (QED) is 0.903. The van der Waals surface area contributed by atoms with Gasteiger partial charge in [0.1, 0.15) is 18.0 Å². The summed E-state index contributed by atoms with van der Waals surface area (Å²) in [5.41, 5.74) is 5.35. The maximum absolute atomic E-state index is 5.43. The number of benzene rings is 2. The van der Waals surface area contributed by atoms with E-state index >= 15 is 0 Å². The molecule has 25 heavy (non-hydrogen) atoms. The highest BCUT2D eigenvalue weighted by molar-refractivity contribution is 5.49. The van der Waals surface area contributed by atoms with Crippen molar-refractivity contribution >= 4 is 5.69 Å². The third-order valence-corrected chi connectivity index (χ3v) is 5.42. The summed E-state index contributed by atoms with van der Waals surface area (Å²) in [5, 5.41) is 0. The normalized spacial score (nSPS) is 15.3. The van der Waals surface area contributed by atoms with Crippen molar-refractivity contribution in [3.05, 3.63) is 53.1 Å². The lowest BCUT2D eigenvalue weighted by Crippen LogP contribution is -3.13. The summed E-state index contributed by atoms with van der Waals surface area (Å²) < 4.78 is 10.7. The van der Waals surface area contributed by atoms with E-state index in [-0.39, 0.29) is 0 Å². The summed E-state index contributed by atoms with van der Waals surface area (Å²) in [7, 11) is 3.45. The molecule has 0 aromatic heterocycles. The first-order chi connectivity index (χ1) is 12.1. The molecule has 2 aromatic carbocycles. The standard InChI is InChI=1S/C21H28N2O2/c1-16-17(2)21(25-4)10-5-18(16)15-22-11-13-23(14-12-22)19-6-8-20(24-3)9-7-19/h5-10H,11-15H2,1-4H3/p+1. The first-order valence-corrected chi connectivity index (χ1v) is 8.98. The second-order valence-electron chi connectivity index (χ2n) is 6.79. The Hall–Kier alpha value is -2.20. The Morgan fingerprint density at radius 1 is 0.880 bits per heavy atom. The van der Waals surface area contributed by atoms with Gasteiger partial charge in [-0.3, -0.25) is 0 Å². The number of rotatable bonds is 5. The van der Waals surface area contributed by atoms with E-state index in [2.05, 4.69) is 43.0 Å². The number of methoxy groups -OCH3 is 2. The molecular weight excluding hydrogens is 312 g/mol. The maximum atomic E-state index is 5.43. The van der Waals surface area contributed by atoms with Gasteiger partial charge in [0, 0.05) is 11.3 Å². The molecule has 0 unspecified atom stereocenters. The summed E-state index contributed by atoms with van der Waals surface area (Å²) in [6.07, 6.45) is 0. The topological polar surface area (TPSA) is 26.1 Å². The van der Waals surface area contributed by atoms with E-state index in [1.54, 1.807) is 19.1 Å². The van der Waals surface area contributed by atoms with Gasteiger partial charge in [-0.15, -0.1) is 0 Å². The Bertz CT molecular complexity index is 705. The van der Waals surface area contributed by atoms with Crippen LogP contribution in [0.3, 0.4) is 0 Å². The number of nitrogens with zero attached hydrogens (tertiary/aromatic N) is 1. The van der Waals surface area contributed by atoms with Gasteiger partial charge in [0.15, 0.2) is 0 Å². The van der Waals surface area contributed by atoms with Crippen LogP contribution in [0.2, 0.25) is 0 Å². The lowest BCUT2D eigenvalue weighted by atomic mass is 10.0. The second-order valence-corrected chi connectivity index (χ2v) is 6.79. The molecule has 2 aromatic rings. The van der Waals surface area contributed by atoms with E-state index in [1.807, 2.05) is 12.1 Å². The van der Waals surface area contributed by atoms with Crippen molar-refractivity contribution in [2.75, 3.05) is 45.3 Å². The molecule has 0 spiro atoms. The zero-order valence-electron chi connectivity index (χ0n) is 15.8. The zero-order valence-corrected chi connectivity index (χ0v) is 15.8. The summed E-state index contributed by atoms with van der Waals surface area (Å²) in [5.74, 6) is 1.90. The highest BCUT2D eigenvalue weighted by Gasteiger charge is 2.21. The van der Waals surface area contributed by atoms with Crippen LogP contribution in [-0.4, -0.2) is 40.4 Å². The van der Waals surface area contributed by atoms with Crippen LogP contribution in [0.1, 0.15) is 16.7 Å². The second kappa shape index (κ2) is 7.79. The Morgan fingerprint density at radius 3 is 2.16 bits per heavy atom. The van der Waals surface area contributed by atoms with Crippen molar-refractivity contribution in [2.24, 2.45) is 0 Å². The third kappa shape index (κ3) is 3.90. The average molecular weight is 341 g/mol. The lowest BCUT2D eigenvalue weighted by Gasteiger charge is -2.34. The minimum atomic E-state index is 0.915. The molecule has 3 rings (SSSR count). The maximum Gasteiger partial charge on any atom is 0.122 e. The molecule has 0 saturated carbocycles. The van der Waals surface area contributed by atoms with Gasteiger partial charge >= 0.3 is 0 Å². The van der Waals surface area contributed by atoms with E-state index < -0.39 is 0 Å². The van der Waals surface area contributed by atoms with Gasteiger partial charge in [-0.2, -0.15) is 0 Å². The fourth-order valence-electron chi connectivity index (χ4n) is 3.58. The molecule has 1 N–H and O–H groups in total. The van der Waals surface area contributed by atoms with E-state index in [0.717, 1.165) is 44.2 Å². The van der Waals surface area contributed by atoms with Crippen LogP contribution in [0.25, 0.3) is 0 Å². The van der Waals surface area contributed by atoms with Gasteiger partial charge in [0.05, 0.1) is 40.4 Å². The van der Waals surface area contributed by atoms with Gasteiger partial charge in [-0.1, -0.05) is 0 Å². The van der Waals surface area contributed by atoms with Crippen molar-refractivity contribution in [2.45, 2.75) is 20.4 Å². The van der Waals surface area contributed by atoms with Crippen LogP contribution in [-0.2, 0) is 6.54 Å². The number of hydrogen-bond acceptors (Lipinski definition) is 3. The third-order valence-electron chi connectivity index (χ3n) is 5.42. The molecular formula is C21H29N2O2+. The van der Waals surface area contributed by atoms with Crippen LogP contribution in [0.4, 0.5) is 5.69 Å². The monoisotopic (exact) mass is 341 g/mol. The van der Waals surface area contributed by atoms with Crippen molar-refractivity contribution in [3.8, 4) is 11.5 Å². The van der Waals surface area contributed by atoms with Gasteiger partial charge < -0.3 is 19.3 Å². The Labute approximate surface area is 151 Å². The highest BCUT2D eigenvalue weighted by Crippen LogP contribution is 2.23. The van der Waals surface area contributed by atoms with Gasteiger partial charge in [0.2, 0.25) is 0 Å². The molecule has 0 amide bonds. The largest absolute Gasteiger partial charge is 0.497 e. The molecule has 1 aliphatic heterocycles. The summed E-state index contributed by atoms with van der Waals surface area (Å²) in [6, 6.07) is 12.7. The minimum absolute atomic E-state index is 0.915. The predicted octanol–water partition coefficient (Wildman–Crippen LogP) is 2.23. The van der Waals surface area contributed by atoms with Crippen molar-refractivity contribution < 1.29 is 14.4 Å². The highest BCUT2D eigenvalue weighted by atomic mass is 16.5. The van der Waals surface area contributed by atoms with E-state index in [1.165, 1.54) is 22.4 Å². The molecule has 0 aliphatic carbocycles. The fourth-order valence-corrected chi connectivity index (χ4v) is 3.58. The minimum Gasteiger partial charge on any atom is -0.497 e. The predicted molar refractivity (Wildman–Crippen MR) is 102 cm³/mol. The molecule has 4 heteroatoms. The zero-order chi connectivity index (χ0) is 17.8. The lowest BCUT2D eigenvalue weighted by molar-refractivity contribution is -0.914. The van der Waals surface area contributed by atoms with E-state index in [0.29, 0.717) is 0 Å². The Kier molecular flexibility index (Phi) is 5.49. The van der Waals surface area contributed by atoms with Crippen molar-refractivity contribution in [1.29, 1.82) is 0 Å². The van der Waals surface area contributed by atoms with Crippen LogP contribution >= 0.6 is 0 Å². The molecule has 1 aliphatic rings. The molecule has 0 radical (unpaired) electrons. The van der Waals surface area contributed by atoms with Crippen molar-refractivity contribution in [1.82, 2.24) is 0 Å². The number of anilines is 1. The molecule has 0 atom stereocenters. The SMILES string of the molecule is COc1ccc(N2CC[NH+](Cc3ccc(OC)c(C)c3C)CC2)cc1. The summed E-state index contributed by atoms with van der Waals surface area (Å²) >= 11 is 0. The smallest absolute Gasteiger partial charge is 0.122 e. The van der Waals surface area contributed by atoms with Gasteiger partial charge in [0.25, 0.3) is 0 Å². The van der Waals surface area contributed by atoms with Crippen LogP contribution < -0.4 is 19.3 Å². The van der Waals surface area contributed by atoms with Crippen molar-refractivity contribution in [3.63, 3.8) is 0 Å². The number of hydrogen-bond donors (Lipinski definition) is 1. The summed E-state index contributed by atoms with van der Waals surface area (Å²) in [4.78, 5) is 4.12. The molecule has 1 saturated heterocycles. The van der Waals surface area contributed by atoms with Crippen LogP contribution in [0.5, 0.6) is 11.5 Å². The fraction of sp³-hybridized carbons (Fsp3) is 0.429. The molecule has 134 valence electrons. The number of nitrogens with one attached hydrogen (secondary N) is 1. The number of quaternary nitrogens is 1. The molecule has 0 bridgehead atoms. The van der Waals surface area contributed by atoms with E-state index in [9.17, 15) is 0 Å². The Morgan fingerprint density at radius 2 is 1.56 bits per heavy atom. The summed E-state index contributed by atoms with van der Waals surface area (Å²) in [6.45, 7) is 9.96. The molecule has 4 nitrogen and oxygen atoms in total. The Balaban J connectivity index is 1.60. The number of ether oxygens (including phenoxy) is 2. The first kappa shape index (κ1) is 17.6. The molecule has 1 heterocycles. The number of piperazine rings is 1. The molecule has 1 fully saturated rings. The van der Waals surface area contributed by atoms with E-state index in [4.69, 9.17) is 9.47 Å². The van der Waals surface area contributed by atoms with Gasteiger partial charge in [-0.25, -0.2) is 0 Å².